The van der Waals surface area contributed by atoms with E-state index < -0.39 is 0 Å². The number of allylic oxidation sites excluding steroid dienone is 2. The Morgan fingerprint density at radius 1 is 1.23 bits per heavy atom. The van der Waals surface area contributed by atoms with Crippen molar-refractivity contribution in [2.45, 2.75) is 18.7 Å². The van der Waals surface area contributed by atoms with Crippen LogP contribution in [0.4, 0.5) is 0 Å². The molecule has 0 N–H and O–H groups in total. The molecule has 1 aromatic carbocycles. The minimum Gasteiger partial charge on any atom is -0.192 e. The Morgan fingerprint density at radius 3 is 2.31 bits per heavy atom. The summed E-state index contributed by atoms with van der Waals surface area (Å²) < 4.78 is 0. The number of nitrogens with zero attached hydrogens (tertiary/aromatic N) is 1. The van der Waals surface area contributed by atoms with Gasteiger partial charge in [-0.1, -0.05) is 35.5 Å². The maximum atomic E-state index is 8.83. The molecule has 2 heteroatoms. The number of hydrogen-bond acceptors (Lipinski definition) is 2. The van der Waals surface area contributed by atoms with Crippen LogP contribution >= 0.6 is 11.8 Å². The van der Waals surface area contributed by atoms with Gasteiger partial charge in [0.05, 0.1) is 4.91 Å². The molecule has 0 radical (unpaired) electrons. The quantitative estimate of drug-likeness (QED) is 0.524. The summed E-state index contributed by atoms with van der Waals surface area (Å²) in [6, 6.07) is 12.1. The van der Waals surface area contributed by atoms with Gasteiger partial charge in [-0.25, -0.2) is 0 Å². The van der Waals surface area contributed by atoms with Gasteiger partial charge in [0.15, 0.2) is 0 Å². The zero-order chi connectivity index (χ0) is 9.68. The van der Waals surface area contributed by atoms with Gasteiger partial charge in [-0.3, -0.25) is 0 Å². The van der Waals surface area contributed by atoms with Gasteiger partial charge in [-0.05, 0) is 26.0 Å². The number of benzene rings is 1. The van der Waals surface area contributed by atoms with Gasteiger partial charge < -0.3 is 0 Å². The summed E-state index contributed by atoms with van der Waals surface area (Å²) in [4.78, 5) is 1.89. The minimum absolute atomic E-state index is 0.784. The lowest BCUT2D eigenvalue weighted by molar-refractivity contribution is 1.36. The monoisotopic (exact) mass is 189 g/mol. The third-order valence-electron chi connectivity index (χ3n) is 1.52. The molecule has 0 saturated heterocycles. The fourth-order valence-corrected chi connectivity index (χ4v) is 1.62. The summed E-state index contributed by atoms with van der Waals surface area (Å²) in [6.07, 6.45) is 0. The van der Waals surface area contributed by atoms with Gasteiger partial charge in [-0.15, -0.1) is 0 Å². The van der Waals surface area contributed by atoms with Gasteiger partial charge >= 0.3 is 0 Å². The van der Waals surface area contributed by atoms with E-state index >= 15 is 0 Å². The largest absolute Gasteiger partial charge is 0.192 e. The van der Waals surface area contributed by atoms with Crippen LogP contribution in [0.3, 0.4) is 0 Å². The number of rotatable bonds is 2. The first kappa shape index (κ1) is 9.88. The van der Waals surface area contributed by atoms with Crippen molar-refractivity contribution in [1.29, 1.82) is 5.26 Å². The maximum Gasteiger partial charge on any atom is 0.106 e. The predicted molar refractivity (Wildman–Crippen MR) is 56.3 cm³/mol. The van der Waals surface area contributed by atoms with E-state index in [2.05, 4.69) is 6.07 Å². The standard InChI is InChI=1S/C11H11NS/c1-9(2)11(8-12)13-10-6-4-3-5-7-10/h3-7H,1-2H3. The summed E-state index contributed by atoms with van der Waals surface area (Å²) in [6.45, 7) is 3.91. The molecule has 66 valence electrons. The molecule has 0 heterocycles. The molecule has 0 atom stereocenters. The summed E-state index contributed by atoms with van der Waals surface area (Å²) in [5.74, 6) is 0. The van der Waals surface area contributed by atoms with Crippen LogP contribution in [0, 0.1) is 11.3 Å². The molecule has 0 fully saturated rings. The number of thioether (sulfide) groups is 1. The Balaban J connectivity index is 2.82. The van der Waals surface area contributed by atoms with Crippen LogP contribution < -0.4 is 0 Å². The zero-order valence-electron chi connectivity index (χ0n) is 7.74. The predicted octanol–water partition coefficient (Wildman–Crippen LogP) is 3.60. The SMILES string of the molecule is CC(C)=C(C#N)Sc1ccccc1. The van der Waals surface area contributed by atoms with Crippen LogP contribution in [0.5, 0.6) is 0 Å². The van der Waals surface area contributed by atoms with E-state index in [0.29, 0.717) is 0 Å². The van der Waals surface area contributed by atoms with Crippen LogP contribution in [-0.2, 0) is 0 Å². The highest BCUT2D eigenvalue weighted by atomic mass is 32.2. The second-order valence-electron chi connectivity index (χ2n) is 2.86. The Morgan fingerprint density at radius 2 is 1.85 bits per heavy atom. The van der Waals surface area contributed by atoms with E-state index in [1.54, 1.807) is 0 Å². The van der Waals surface area contributed by atoms with Crippen molar-refractivity contribution in [3.05, 3.63) is 40.8 Å². The molecule has 0 unspecified atom stereocenters. The highest BCUT2D eigenvalue weighted by molar-refractivity contribution is 8.03. The van der Waals surface area contributed by atoms with Crippen LogP contribution in [0.2, 0.25) is 0 Å². The van der Waals surface area contributed by atoms with Crippen molar-refractivity contribution in [2.75, 3.05) is 0 Å². The highest BCUT2D eigenvalue weighted by Crippen LogP contribution is 2.27. The molecule has 0 saturated carbocycles. The second kappa shape index (κ2) is 4.74. The van der Waals surface area contributed by atoms with Crippen molar-refractivity contribution in [1.82, 2.24) is 0 Å². The third-order valence-corrected chi connectivity index (χ3v) is 2.73. The molecule has 1 nitrogen and oxygen atoms in total. The molecule has 1 aromatic rings. The molecular formula is C11H11NS. The Kier molecular flexibility index (Phi) is 3.60. The smallest absolute Gasteiger partial charge is 0.106 e. The van der Waals surface area contributed by atoms with E-state index in [-0.39, 0.29) is 0 Å². The Labute approximate surface area is 83.1 Å². The fourth-order valence-electron chi connectivity index (χ4n) is 0.843. The molecule has 0 aliphatic heterocycles. The lowest BCUT2D eigenvalue weighted by atomic mass is 10.3. The topological polar surface area (TPSA) is 23.8 Å². The summed E-state index contributed by atoms with van der Waals surface area (Å²) in [7, 11) is 0. The molecule has 0 aliphatic carbocycles. The van der Waals surface area contributed by atoms with Crippen molar-refractivity contribution in [3.8, 4) is 6.07 Å². The van der Waals surface area contributed by atoms with E-state index in [0.717, 1.165) is 15.4 Å². The molecule has 0 bridgehead atoms. The second-order valence-corrected chi connectivity index (χ2v) is 3.94. The summed E-state index contributed by atoms with van der Waals surface area (Å²) >= 11 is 1.52. The normalized spacial score (nSPS) is 9.00. The molecule has 0 aromatic heterocycles. The first-order valence-electron chi connectivity index (χ1n) is 4.04. The van der Waals surface area contributed by atoms with Crippen LogP contribution in [0.25, 0.3) is 0 Å². The minimum atomic E-state index is 0.784. The Bertz CT molecular complexity index is 342. The zero-order valence-corrected chi connectivity index (χ0v) is 8.56. The van der Waals surface area contributed by atoms with E-state index in [1.165, 1.54) is 11.8 Å². The fraction of sp³-hybridized carbons (Fsp3) is 0.182. The van der Waals surface area contributed by atoms with E-state index in [4.69, 9.17) is 5.26 Å². The van der Waals surface area contributed by atoms with Crippen LogP contribution in [0.1, 0.15) is 13.8 Å². The van der Waals surface area contributed by atoms with Gasteiger partial charge in [0.25, 0.3) is 0 Å². The van der Waals surface area contributed by atoms with Crippen LogP contribution in [-0.4, -0.2) is 0 Å². The average Bonchev–Trinajstić information content (AvgIpc) is 2.15. The lowest BCUT2D eigenvalue weighted by Crippen LogP contribution is -1.76. The highest BCUT2D eigenvalue weighted by Gasteiger charge is 2.00. The molecule has 0 amide bonds. The average molecular weight is 189 g/mol. The molecule has 13 heavy (non-hydrogen) atoms. The van der Waals surface area contributed by atoms with Gasteiger partial charge in [0.2, 0.25) is 0 Å². The maximum absolute atomic E-state index is 8.83. The first-order valence-corrected chi connectivity index (χ1v) is 4.86. The third kappa shape index (κ3) is 2.96. The van der Waals surface area contributed by atoms with E-state index in [9.17, 15) is 0 Å². The summed E-state index contributed by atoms with van der Waals surface area (Å²) in [5, 5.41) is 8.83. The first-order chi connectivity index (χ1) is 6.24. The van der Waals surface area contributed by atoms with Crippen molar-refractivity contribution >= 4 is 11.8 Å². The molecular weight excluding hydrogens is 178 g/mol. The van der Waals surface area contributed by atoms with E-state index in [1.807, 2.05) is 44.2 Å². The van der Waals surface area contributed by atoms with Crippen molar-refractivity contribution < 1.29 is 0 Å². The Hall–Kier alpha value is -1.20. The lowest BCUT2D eigenvalue weighted by Gasteiger charge is -2.00. The molecule has 1 rings (SSSR count). The molecule has 0 spiro atoms. The van der Waals surface area contributed by atoms with Crippen LogP contribution in [0.15, 0.2) is 45.7 Å². The van der Waals surface area contributed by atoms with Crippen molar-refractivity contribution in [3.63, 3.8) is 0 Å². The number of hydrogen-bond donors (Lipinski definition) is 0. The summed E-state index contributed by atoms with van der Waals surface area (Å²) in [5.41, 5.74) is 1.07. The number of nitriles is 1. The molecule has 0 aliphatic rings. The van der Waals surface area contributed by atoms with Gasteiger partial charge in [0, 0.05) is 4.90 Å². The van der Waals surface area contributed by atoms with Gasteiger partial charge in [-0.2, -0.15) is 5.26 Å². The van der Waals surface area contributed by atoms with Gasteiger partial charge in [0.1, 0.15) is 6.07 Å². The van der Waals surface area contributed by atoms with Crippen molar-refractivity contribution in [2.24, 2.45) is 0 Å².